The molecule has 0 aromatic heterocycles. The molecule has 2 rings (SSSR count). The number of hydrogen-bond acceptors (Lipinski definition) is 5. The summed E-state index contributed by atoms with van der Waals surface area (Å²) in [4.78, 5) is 38.8. The number of piperidine rings is 1. The van der Waals surface area contributed by atoms with Crippen LogP contribution in [0.25, 0.3) is 0 Å². The SMILES string of the molecule is COC(=O)C1CCCCN1C(=O)c1cccc(NC(=O)[C@@H](N)C(C)(C)C)c1.Cl. The van der Waals surface area contributed by atoms with Crippen LogP contribution in [0.2, 0.25) is 0 Å². The summed E-state index contributed by atoms with van der Waals surface area (Å²) in [5.74, 6) is -0.956. The molecule has 1 aromatic carbocycles. The molecule has 7 nitrogen and oxygen atoms in total. The lowest BCUT2D eigenvalue weighted by molar-refractivity contribution is -0.147. The van der Waals surface area contributed by atoms with Crippen LogP contribution in [0, 0.1) is 5.41 Å². The first-order valence-electron chi connectivity index (χ1n) is 9.20. The Labute approximate surface area is 172 Å². The Morgan fingerprint density at radius 3 is 2.54 bits per heavy atom. The van der Waals surface area contributed by atoms with E-state index in [0.717, 1.165) is 12.8 Å². The molecule has 156 valence electrons. The van der Waals surface area contributed by atoms with Crippen LogP contribution >= 0.6 is 12.4 Å². The molecule has 1 aliphatic heterocycles. The minimum absolute atomic E-state index is 0. The highest BCUT2D eigenvalue weighted by Crippen LogP contribution is 2.23. The number of methoxy groups -OCH3 is 1. The van der Waals surface area contributed by atoms with E-state index in [-0.39, 0.29) is 29.6 Å². The van der Waals surface area contributed by atoms with Crippen LogP contribution in [-0.4, -0.2) is 48.4 Å². The Hall–Kier alpha value is -2.12. The number of halogens is 1. The number of ether oxygens (including phenoxy) is 1. The first-order valence-corrected chi connectivity index (χ1v) is 9.20. The number of esters is 1. The summed E-state index contributed by atoms with van der Waals surface area (Å²) in [6, 6.07) is 5.44. The summed E-state index contributed by atoms with van der Waals surface area (Å²) in [5.41, 5.74) is 6.52. The molecule has 2 amide bonds. The van der Waals surface area contributed by atoms with Crippen LogP contribution in [0.3, 0.4) is 0 Å². The molecule has 0 radical (unpaired) electrons. The zero-order chi connectivity index (χ0) is 20.2. The summed E-state index contributed by atoms with van der Waals surface area (Å²) < 4.78 is 4.84. The number of rotatable bonds is 4. The summed E-state index contributed by atoms with van der Waals surface area (Å²) in [7, 11) is 1.33. The molecular formula is C20H30ClN3O4. The monoisotopic (exact) mass is 411 g/mol. The van der Waals surface area contributed by atoms with Crippen molar-refractivity contribution in [2.75, 3.05) is 19.0 Å². The van der Waals surface area contributed by atoms with Crippen molar-refractivity contribution in [1.82, 2.24) is 4.90 Å². The number of carbonyl (C=O) groups is 3. The molecule has 1 aliphatic rings. The quantitative estimate of drug-likeness (QED) is 0.741. The number of likely N-dealkylation sites (tertiary alicyclic amines) is 1. The lowest BCUT2D eigenvalue weighted by atomic mass is 9.87. The van der Waals surface area contributed by atoms with Crippen molar-refractivity contribution in [2.24, 2.45) is 11.1 Å². The van der Waals surface area contributed by atoms with Crippen LogP contribution in [0.4, 0.5) is 5.69 Å². The van der Waals surface area contributed by atoms with Gasteiger partial charge in [-0.25, -0.2) is 4.79 Å². The normalized spacial score (nSPS) is 17.9. The Kier molecular flexibility index (Phi) is 8.45. The van der Waals surface area contributed by atoms with Crippen molar-refractivity contribution in [2.45, 2.75) is 52.1 Å². The standard InChI is InChI=1S/C20H29N3O4.ClH/c1-20(2,3)16(21)17(24)22-14-9-7-8-13(12-14)18(25)23-11-6-5-10-15(23)19(26)27-4;/h7-9,12,15-16H,5-6,10-11,21H2,1-4H3,(H,22,24);1H/t15?,16-;/m1./s1. The summed E-state index contributed by atoms with van der Waals surface area (Å²) in [6.07, 6.45) is 2.32. The third-order valence-electron chi connectivity index (χ3n) is 4.83. The molecule has 1 aromatic rings. The highest BCUT2D eigenvalue weighted by molar-refractivity contribution is 6.00. The number of amides is 2. The smallest absolute Gasteiger partial charge is 0.328 e. The minimum Gasteiger partial charge on any atom is -0.467 e. The Morgan fingerprint density at radius 1 is 1.25 bits per heavy atom. The van der Waals surface area contributed by atoms with E-state index in [1.165, 1.54) is 7.11 Å². The summed E-state index contributed by atoms with van der Waals surface area (Å²) >= 11 is 0. The second-order valence-electron chi connectivity index (χ2n) is 7.95. The van der Waals surface area contributed by atoms with E-state index in [0.29, 0.717) is 24.2 Å². The number of nitrogens with zero attached hydrogens (tertiary/aromatic N) is 1. The van der Waals surface area contributed by atoms with Crippen LogP contribution in [-0.2, 0) is 14.3 Å². The van der Waals surface area contributed by atoms with Gasteiger partial charge >= 0.3 is 5.97 Å². The van der Waals surface area contributed by atoms with E-state index < -0.39 is 18.1 Å². The maximum atomic E-state index is 12.9. The van der Waals surface area contributed by atoms with Crippen molar-refractivity contribution in [3.05, 3.63) is 29.8 Å². The first kappa shape index (κ1) is 23.9. The van der Waals surface area contributed by atoms with Crippen LogP contribution in [0.15, 0.2) is 24.3 Å². The zero-order valence-electron chi connectivity index (χ0n) is 16.9. The first-order chi connectivity index (χ1) is 12.6. The number of benzene rings is 1. The zero-order valence-corrected chi connectivity index (χ0v) is 17.7. The van der Waals surface area contributed by atoms with E-state index in [1.807, 2.05) is 20.8 Å². The topological polar surface area (TPSA) is 102 Å². The Bertz CT molecular complexity index is 718. The fraction of sp³-hybridized carbons (Fsp3) is 0.550. The molecule has 0 bridgehead atoms. The number of nitrogens with two attached hydrogens (primary N) is 1. The number of anilines is 1. The maximum Gasteiger partial charge on any atom is 0.328 e. The van der Waals surface area contributed by atoms with E-state index >= 15 is 0 Å². The average Bonchev–Trinajstić information content (AvgIpc) is 2.65. The van der Waals surface area contributed by atoms with Crippen molar-refractivity contribution in [1.29, 1.82) is 0 Å². The predicted octanol–water partition coefficient (Wildman–Crippen LogP) is 2.59. The molecule has 28 heavy (non-hydrogen) atoms. The largest absolute Gasteiger partial charge is 0.467 e. The molecule has 1 fully saturated rings. The molecule has 2 atom stereocenters. The molecule has 0 spiro atoms. The molecule has 0 saturated carbocycles. The molecule has 0 aliphatic carbocycles. The second kappa shape index (κ2) is 9.89. The van der Waals surface area contributed by atoms with Crippen LogP contribution in [0.5, 0.6) is 0 Å². The van der Waals surface area contributed by atoms with Crippen molar-refractivity contribution in [3.63, 3.8) is 0 Å². The van der Waals surface area contributed by atoms with Crippen molar-refractivity contribution < 1.29 is 19.1 Å². The highest BCUT2D eigenvalue weighted by Gasteiger charge is 2.33. The van der Waals surface area contributed by atoms with Gasteiger partial charge in [0.1, 0.15) is 6.04 Å². The van der Waals surface area contributed by atoms with Gasteiger partial charge < -0.3 is 20.7 Å². The Morgan fingerprint density at radius 2 is 1.93 bits per heavy atom. The maximum absolute atomic E-state index is 12.9. The van der Waals surface area contributed by atoms with Gasteiger partial charge in [-0.1, -0.05) is 26.8 Å². The molecular weight excluding hydrogens is 382 g/mol. The Balaban J connectivity index is 0.00000392. The molecule has 1 heterocycles. The fourth-order valence-electron chi connectivity index (χ4n) is 3.06. The second-order valence-corrected chi connectivity index (χ2v) is 7.95. The van der Waals surface area contributed by atoms with E-state index in [2.05, 4.69) is 5.32 Å². The molecule has 1 saturated heterocycles. The third kappa shape index (κ3) is 5.69. The highest BCUT2D eigenvalue weighted by atomic mass is 35.5. The average molecular weight is 412 g/mol. The third-order valence-corrected chi connectivity index (χ3v) is 4.83. The number of hydrogen-bond donors (Lipinski definition) is 2. The van der Waals surface area contributed by atoms with Gasteiger partial charge in [0.25, 0.3) is 5.91 Å². The predicted molar refractivity (Wildman–Crippen MR) is 110 cm³/mol. The van der Waals surface area contributed by atoms with E-state index in [9.17, 15) is 14.4 Å². The van der Waals surface area contributed by atoms with Crippen molar-refractivity contribution in [3.8, 4) is 0 Å². The molecule has 8 heteroatoms. The van der Waals surface area contributed by atoms with Gasteiger partial charge in [-0.2, -0.15) is 0 Å². The number of carbonyl (C=O) groups excluding carboxylic acids is 3. The van der Waals surface area contributed by atoms with Gasteiger partial charge in [-0.3, -0.25) is 9.59 Å². The molecule has 3 N–H and O–H groups in total. The lowest BCUT2D eigenvalue weighted by Gasteiger charge is -2.33. The van der Waals surface area contributed by atoms with Gasteiger partial charge in [-0.05, 0) is 42.9 Å². The minimum atomic E-state index is -0.678. The van der Waals surface area contributed by atoms with Crippen LogP contribution in [0.1, 0.15) is 50.4 Å². The lowest BCUT2D eigenvalue weighted by Crippen LogP contribution is -2.48. The summed E-state index contributed by atoms with van der Waals surface area (Å²) in [5, 5.41) is 2.77. The van der Waals surface area contributed by atoms with Gasteiger partial charge in [0, 0.05) is 17.8 Å². The van der Waals surface area contributed by atoms with Gasteiger partial charge in [0.15, 0.2) is 0 Å². The summed E-state index contributed by atoms with van der Waals surface area (Å²) in [6.45, 7) is 6.17. The fourth-order valence-corrected chi connectivity index (χ4v) is 3.06. The van der Waals surface area contributed by atoms with E-state index in [1.54, 1.807) is 29.2 Å². The van der Waals surface area contributed by atoms with Gasteiger partial charge in [0.2, 0.25) is 5.91 Å². The van der Waals surface area contributed by atoms with Crippen LogP contribution < -0.4 is 11.1 Å². The van der Waals surface area contributed by atoms with Gasteiger partial charge in [-0.15, -0.1) is 12.4 Å². The molecule has 1 unspecified atom stereocenters. The van der Waals surface area contributed by atoms with E-state index in [4.69, 9.17) is 10.5 Å². The number of nitrogens with one attached hydrogen (secondary N) is 1. The van der Waals surface area contributed by atoms with Crippen molar-refractivity contribution >= 4 is 35.9 Å². The van der Waals surface area contributed by atoms with Gasteiger partial charge in [0.05, 0.1) is 13.2 Å².